The maximum Gasteiger partial charge on any atom is 0.306 e. The van der Waals surface area contributed by atoms with Gasteiger partial charge in [0.2, 0.25) is 5.91 Å². The summed E-state index contributed by atoms with van der Waals surface area (Å²) in [6.45, 7) is 6.39. The van der Waals surface area contributed by atoms with Crippen molar-refractivity contribution in [3.05, 3.63) is 48.6 Å². The van der Waals surface area contributed by atoms with Crippen LogP contribution in [0.2, 0.25) is 0 Å². The Bertz CT molecular complexity index is 1150. The Balaban J connectivity index is 4.55. The first-order valence-corrected chi connectivity index (χ1v) is 29.4. The fourth-order valence-corrected chi connectivity index (χ4v) is 9.02. The second-order valence-corrected chi connectivity index (χ2v) is 20.0. The van der Waals surface area contributed by atoms with Gasteiger partial charge >= 0.3 is 5.97 Å². The van der Waals surface area contributed by atoms with Crippen molar-refractivity contribution in [3.63, 3.8) is 0 Å². The first kappa shape index (κ1) is 64.8. The molecule has 0 aliphatic carbocycles. The quantitative estimate of drug-likeness (QED) is 0.0321. The summed E-state index contributed by atoms with van der Waals surface area (Å²) in [5.41, 5.74) is 0. The number of aliphatic hydroxyl groups excluding tert-OH is 2. The molecule has 0 aliphatic heterocycles. The highest BCUT2D eigenvalue weighted by atomic mass is 16.5. The van der Waals surface area contributed by atoms with Crippen LogP contribution in [0.15, 0.2) is 48.6 Å². The average molecular weight is 941 g/mol. The van der Waals surface area contributed by atoms with E-state index >= 15 is 0 Å². The second kappa shape index (κ2) is 54.8. The van der Waals surface area contributed by atoms with Crippen molar-refractivity contribution in [2.75, 3.05) is 6.61 Å². The Labute approximate surface area is 416 Å². The number of rotatable bonds is 53. The van der Waals surface area contributed by atoms with Crippen LogP contribution in [0.5, 0.6) is 0 Å². The van der Waals surface area contributed by atoms with Gasteiger partial charge in [-0.15, -0.1) is 0 Å². The molecule has 0 rings (SSSR count). The summed E-state index contributed by atoms with van der Waals surface area (Å²) in [5, 5.41) is 23.9. The van der Waals surface area contributed by atoms with E-state index in [-0.39, 0.29) is 24.9 Å². The van der Waals surface area contributed by atoms with Gasteiger partial charge < -0.3 is 20.3 Å². The van der Waals surface area contributed by atoms with Gasteiger partial charge in [-0.05, 0) is 57.8 Å². The smallest absolute Gasteiger partial charge is 0.306 e. The molecule has 6 nitrogen and oxygen atoms in total. The molecule has 0 saturated heterocycles. The molecule has 1 amide bonds. The van der Waals surface area contributed by atoms with Gasteiger partial charge in [0.25, 0.3) is 0 Å². The van der Waals surface area contributed by atoms with E-state index in [4.69, 9.17) is 4.74 Å². The Morgan fingerprint density at radius 2 is 0.806 bits per heavy atom. The molecule has 0 saturated carbocycles. The highest BCUT2D eigenvalue weighted by molar-refractivity contribution is 5.77. The number of ether oxygens (including phenoxy) is 1. The molecular formula is C61H113NO5. The predicted molar refractivity (Wildman–Crippen MR) is 292 cm³/mol. The van der Waals surface area contributed by atoms with Crippen LogP contribution < -0.4 is 5.32 Å². The third-order valence-electron chi connectivity index (χ3n) is 13.4. The summed E-state index contributed by atoms with van der Waals surface area (Å²) in [6, 6.07) is -0.718. The van der Waals surface area contributed by atoms with Crippen molar-refractivity contribution >= 4 is 11.9 Å². The summed E-state index contributed by atoms with van der Waals surface area (Å²) in [4.78, 5) is 26.3. The van der Waals surface area contributed by atoms with Crippen LogP contribution in [-0.4, -0.2) is 46.9 Å². The number of amides is 1. The van der Waals surface area contributed by atoms with Crippen molar-refractivity contribution in [3.8, 4) is 0 Å². The molecule has 0 heterocycles. The molecule has 3 atom stereocenters. The van der Waals surface area contributed by atoms with Gasteiger partial charge in [-0.25, -0.2) is 0 Å². The van der Waals surface area contributed by atoms with Gasteiger partial charge in [0.15, 0.2) is 0 Å². The van der Waals surface area contributed by atoms with Crippen LogP contribution in [0, 0.1) is 0 Å². The third-order valence-corrected chi connectivity index (χ3v) is 13.4. The molecule has 0 aromatic rings. The standard InChI is InChI=1S/C61H113NO5/c1-4-7-10-13-16-19-22-25-28-30-31-33-36-39-42-45-48-51-54-61(66)67-57(52-49-46-43-40-37-34-27-24-21-18-15-12-9-6-3)55-60(65)62-58(56-63)59(64)53-50-47-44-41-38-35-32-29-26-23-20-17-14-11-8-5-2/h9,12,18,21,27,34,40,43,57-59,63-64H,4-8,10-11,13-17,19-20,22-26,28-33,35-39,41-42,44-56H2,1-3H3,(H,62,65)/b12-9+,21-18+,34-27+,43-40+. The summed E-state index contributed by atoms with van der Waals surface area (Å²) in [5.74, 6) is -0.514. The molecule has 0 fully saturated rings. The van der Waals surface area contributed by atoms with Gasteiger partial charge in [0.1, 0.15) is 6.10 Å². The van der Waals surface area contributed by atoms with E-state index in [0.29, 0.717) is 19.3 Å². The second-order valence-electron chi connectivity index (χ2n) is 20.0. The highest BCUT2D eigenvalue weighted by Gasteiger charge is 2.24. The van der Waals surface area contributed by atoms with E-state index in [9.17, 15) is 19.8 Å². The lowest BCUT2D eigenvalue weighted by atomic mass is 10.0. The van der Waals surface area contributed by atoms with E-state index in [0.717, 1.165) is 77.0 Å². The van der Waals surface area contributed by atoms with Crippen molar-refractivity contribution in [2.45, 2.75) is 322 Å². The van der Waals surface area contributed by atoms with Gasteiger partial charge in [0, 0.05) is 6.42 Å². The number of nitrogens with one attached hydrogen (secondary N) is 1. The minimum atomic E-state index is -0.802. The first-order chi connectivity index (χ1) is 33.0. The Kier molecular flexibility index (Phi) is 53.0. The van der Waals surface area contributed by atoms with Crippen molar-refractivity contribution in [1.82, 2.24) is 5.32 Å². The molecule has 0 aromatic carbocycles. The minimum absolute atomic E-state index is 0.0430. The van der Waals surface area contributed by atoms with Crippen LogP contribution in [-0.2, 0) is 14.3 Å². The average Bonchev–Trinajstić information content (AvgIpc) is 3.32. The lowest BCUT2D eigenvalue weighted by Crippen LogP contribution is -2.46. The van der Waals surface area contributed by atoms with Crippen molar-refractivity contribution in [2.24, 2.45) is 0 Å². The topological polar surface area (TPSA) is 95.9 Å². The van der Waals surface area contributed by atoms with Crippen LogP contribution in [0.1, 0.15) is 303 Å². The lowest BCUT2D eigenvalue weighted by molar-refractivity contribution is -0.151. The molecule has 0 spiro atoms. The fraction of sp³-hybridized carbons (Fsp3) is 0.836. The van der Waals surface area contributed by atoms with E-state index in [2.05, 4.69) is 74.7 Å². The van der Waals surface area contributed by atoms with E-state index in [1.165, 1.54) is 180 Å². The van der Waals surface area contributed by atoms with Gasteiger partial charge in [0.05, 0.1) is 25.2 Å². The van der Waals surface area contributed by atoms with E-state index in [1.54, 1.807) is 0 Å². The Morgan fingerprint density at radius 1 is 0.448 bits per heavy atom. The maximum atomic E-state index is 13.3. The van der Waals surface area contributed by atoms with Crippen LogP contribution in [0.25, 0.3) is 0 Å². The molecule has 0 bridgehead atoms. The zero-order chi connectivity index (χ0) is 48.8. The summed E-state index contributed by atoms with van der Waals surface area (Å²) < 4.78 is 5.94. The molecule has 67 heavy (non-hydrogen) atoms. The SMILES string of the molecule is CC/C=C/C/C=C/C/C=C/C/C=C/CCCC(CC(=O)NC(CO)C(O)CCCCCCCCCCCCCCCCCC)OC(=O)CCCCCCCCCCCCCCCCCCCC. The monoisotopic (exact) mass is 940 g/mol. The molecule has 3 unspecified atom stereocenters. The minimum Gasteiger partial charge on any atom is -0.462 e. The predicted octanol–water partition coefficient (Wildman–Crippen LogP) is 18.2. The summed E-state index contributed by atoms with van der Waals surface area (Å²) in [7, 11) is 0. The normalized spacial score (nSPS) is 13.4. The molecular weight excluding hydrogens is 827 g/mol. The molecule has 0 aromatic heterocycles. The number of esters is 1. The molecule has 6 heteroatoms. The highest BCUT2D eigenvalue weighted by Crippen LogP contribution is 2.18. The maximum absolute atomic E-state index is 13.3. The number of carbonyl (C=O) groups is 2. The fourth-order valence-electron chi connectivity index (χ4n) is 9.02. The summed E-state index contributed by atoms with van der Waals surface area (Å²) in [6.07, 6.45) is 67.6. The van der Waals surface area contributed by atoms with E-state index in [1.807, 2.05) is 0 Å². The van der Waals surface area contributed by atoms with Crippen LogP contribution >= 0.6 is 0 Å². The third kappa shape index (κ3) is 50.0. The van der Waals surface area contributed by atoms with Gasteiger partial charge in [-0.2, -0.15) is 0 Å². The van der Waals surface area contributed by atoms with Crippen molar-refractivity contribution < 1.29 is 24.5 Å². The zero-order valence-corrected chi connectivity index (χ0v) is 44.8. The first-order valence-electron chi connectivity index (χ1n) is 29.4. The largest absolute Gasteiger partial charge is 0.462 e. The van der Waals surface area contributed by atoms with Crippen LogP contribution in [0.3, 0.4) is 0 Å². The number of unbranched alkanes of at least 4 members (excludes halogenated alkanes) is 33. The number of carbonyl (C=O) groups excluding carboxylic acids is 2. The molecule has 0 aliphatic rings. The van der Waals surface area contributed by atoms with E-state index < -0.39 is 18.2 Å². The Morgan fingerprint density at radius 3 is 1.19 bits per heavy atom. The zero-order valence-electron chi connectivity index (χ0n) is 44.8. The summed E-state index contributed by atoms with van der Waals surface area (Å²) >= 11 is 0. The molecule has 392 valence electrons. The number of hydrogen-bond donors (Lipinski definition) is 3. The molecule has 0 radical (unpaired) electrons. The van der Waals surface area contributed by atoms with Gasteiger partial charge in [-0.1, -0.05) is 281 Å². The van der Waals surface area contributed by atoms with Gasteiger partial charge in [-0.3, -0.25) is 9.59 Å². The number of aliphatic hydroxyl groups is 2. The van der Waals surface area contributed by atoms with Crippen LogP contribution in [0.4, 0.5) is 0 Å². The molecule has 3 N–H and O–H groups in total. The number of allylic oxidation sites excluding steroid dienone is 8. The number of hydrogen-bond acceptors (Lipinski definition) is 5. The lowest BCUT2D eigenvalue weighted by Gasteiger charge is -2.24. The van der Waals surface area contributed by atoms with Crippen molar-refractivity contribution in [1.29, 1.82) is 0 Å². The Hall–Kier alpha value is -2.18.